The standard InChI is InChI=1S/C21H21F2N5O2S2/c1-2-8-28-19(30)17-18(25-20(32-17)27-9-4-3-5-10-27)26-21(28)31-12-16(29)24-15-11-13(22)6-7-14(15)23/h2,6-7,11H,1,3-5,8-10,12H2,(H,24,29). The Morgan fingerprint density at radius 3 is 2.78 bits per heavy atom. The molecule has 0 atom stereocenters. The minimum Gasteiger partial charge on any atom is -0.348 e. The summed E-state index contributed by atoms with van der Waals surface area (Å²) in [4.78, 5) is 36.6. The second-order valence-electron chi connectivity index (χ2n) is 7.26. The van der Waals surface area contributed by atoms with E-state index in [0.29, 0.717) is 15.5 Å². The van der Waals surface area contributed by atoms with E-state index in [1.54, 1.807) is 6.08 Å². The third-order valence-corrected chi connectivity index (χ3v) is 7.01. The number of amides is 1. The summed E-state index contributed by atoms with van der Waals surface area (Å²) < 4.78 is 29.0. The average molecular weight is 478 g/mol. The van der Waals surface area contributed by atoms with E-state index >= 15 is 0 Å². The van der Waals surface area contributed by atoms with Gasteiger partial charge in [0.2, 0.25) is 5.91 Å². The fourth-order valence-electron chi connectivity index (χ4n) is 3.41. The summed E-state index contributed by atoms with van der Waals surface area (Å²) >= 11 is 2.35. The van der Waals surface area contributed by atoms with Crippen molar-refractivity contribution in [3.05, 3.63) is 52.8 Å². The van der Waals surface area contributed by atoms with E-state index in [1.165, 1.54) is 22.3 Å². The van der Waals surface area contributed by atoms with Crippen molar-refractivity contribution in [1.82, 2.24) is 14.5 Å². The predicted molar refractivity (Wildman–Crippen MR) is 124 cm³/mol. The molecule has 32 heavy (non-hydrogen) atoms. The summed E-state index contributed by atoms with van der Waals surface area (Å²) in [5.41, 5.74) is -0.136. The predicted octanol–water partition coefficient (Wildman–Crippen LogP) is 4.04. The fraction of sp³-hybridized carbons (Fsp3) is 0.333. The minimum absolute atomic E-state index is 0.145. The number of thioether (sulfide) groups is 1. The third kappa shape index (κ3) is 4.83. The molecule has 2 aromatic heterocycles. The van der Waals surface area contributed by atoms with Gasteiger partial charge in [-0.2, -0.15) is 4.98 Å². The highest BCUT2D eigenvalue weighted by Crippen LogP contribution is 2.29. The largest absolute Gasteiger partial charge is 0.348 e. The van der Waals surface area contributed by atoms with Crippen molar-refractivity contribution < 1.29 is 13.6 Å². The van der Waals surface area contributed by atoms with Crippen LogP contribution in [0.1, 0.15) is 19.3 Å². The number of hydrogen-bond donors (Lipinski definition) is 1. The Bertz CT molecular complexity index is 1220. The van der Waals surface area contributed by atoms with Crippen LogP contribution in [0, 0.1) is 11.6 Å². The number of hydrogen-bond acceptors (Lipinski definition) is 7. The van der Waals surface area contributed by atoms with Crippen LogP contribution < -0.4 is 15.8 Å². The zero-order valence-electron chi connectivity index (χ0n) is 17.1. The number of thiazole rings is 1. The van der Waals surface area contributed by atoms with Gasteiger partial charge >= 0.3 is 0 Å². The highest BCUT2D eigenvalue weighted by Gasteiger charge is 2.20. The molecule has 3 heterocycles. The number of allylic oxidation sites excluding steroid dienone is 1. The lowest BCUT2D eigenvalue weighted by molar-refractivity contribution is -0.113. The lowest BCUT2D eigenvalue weighted by atomic mass is 10.1. The van der Waals surface area contributed by atoms with Crippen molar-refractivity contribution in [3.63, 3.8) is 0 Å². The molecule has 0 unspecified atom stereocenters. The normalized spacial score (nSPS) is 14.0. The maximum atomic E-state index is 13.8. The van der Waals surface area contributed by atoms with Gasteiger partial charge in [-0.3, -0.25) is 14.2 Å². The number of halogens is 2. The van der Waals surface area contributed by atoms with E-state index in [-0.39, 0.29) is 23.5 Å². The first-order valence-electron chi connectivity index (χ1n) is 10.1. The molecule has 0 aliphatic carbocycles. The van der Waals surface area contributed by atoms with Crippen LogP contribution in [0.15, 0.2) is 40.8 Å². The second kappa shape index (κ2) is 9.78. The number of nitrogens with zero attached hydrogens (tertiary/aromatic N) is 4. The highest BCUT2D eigenvalue weighted by atomic mass is 32.2. The van der Waals surface area contributed by atoms with Crippen LogP contribution in [0.4, 0.5) is 19.6 Å². The Morgan fingerprint density at radius 1 is 1.25 bits per heavy atom. The molecule has 1 fully saturated rings. The average Bonchev–Trinajstić information content (AvgIpc) is 3.22. The highest BCUT2D eigenvalue weighted by molar-refractivity contribution is 7.99. The molecule has 0 saturated carbocycles. The van der Waals surface area contributed by atoms with Gasteiger partial charge in [-0.1, -0.05) is 29.2 Å². The van der Waals surface area contributed by atoms with Crippen LogP contribution in [0.3, 0.4) is 0 Å². The van der Waals surface area contributed by atoms with Gasteiger partial charge in [0, 0.05) is 25.7 Å². The molecule has 11 heteroatoms. The number of carbonyl (C=O) groups is 1. The molecule has 1 aromatic carbocycles. The number of benzene rings is 1. The lowest BCUT2D eigenvalue weighted by Gasteiger charge is -2.25. The Hall–Kier alpha value is -2.79. The van der Waals surface area contributed by atoms with E-state index in [0.717, 1.165) is 61.0 Å². The van der Waals surface area contributed by atoms with Crippen LogP contribution in [0.2, 0.25) is 0 Å². The number of aromatic nitrogens is 3. The van der Waals surface area contributed by atoms with E-state index in [2.05, 4.69) is 26.8 Å². The topological polar surface area (TPSA) is 80.1 Å². The zero-order chi connectivity index (χ0) is 22.7. The Balaban J connectivity index is 1.57. The minimum atomic E-state index is -0.736. The zero-order valence-corrected chi connectivity index (χ0v) is 18.8. The summed E-state index contributed by atoms with van der Waals surface area (Å²) in [6.45, 7) is 5.72. The van der Waals surface area contributed by atoms with Crippen LogP contribution >= 0.6 is 23.1 Å². The first-order valence-corrected chi connectivity index (χ1v) is 11.9. The molecule has 1 saturated heterocycles. The Morgan fingerprint density at radius 2 is 2.03 bits per heavy atom. The van der Waals surface area contributed by atoms with Crippen LogP contribution in [0.5, 0.6) is 0 Å². The molecule has 4 rings (SSSR count). The molecule has 0 spiro atoms. The number of rotatable bonds is 7. The first kappa shape index (κ1) is 22.4. The number of fused-ring (bicyclic) bond motifs is 1. The number of piperidine rings is 1. The molecule has 1 aliphatic heterocycles. The van der Waals surface area contributed by atoms with Crippen molar-refractivity contribution in [2.24, 2.45) is 0 Å². The molecule has 1 aliphatic rings. The molecule has 168 valence electrons. The molecular formula is C21H21F2N5O2S2. The molecule has 1 amide bonds. The van der Waals surface area contributed by atoms with Crippen molar-refractivity contribution in [2.45, 2.75) is 31.0 Å². The van der Waals surface area contributed by atoms with Crippen molar-refractivity contribution in [1.29, 1.82) is 0 Å². The molecule has 3 aromatic rings. The quantitative estimate of drug-likeness (QED) is 0.314. The number of carbonyl (C=O) groups excluding carboxylic acids is 1. The van der Waals surface area contributed by atoms with Gasteiger partial charge in [0.15, 0.2) is 15.9 Å². The molecule has 1 N–H and O–H groups in total. The Kier molecular flexibility index (Phi) is 6.85. The van der Waals surface area contributed by atoms with Crippen LogP contribution in [-0.2, 0) is 11.3 Å². The maximum absolute atomic E-state index is 13.8. The summed E-state index contributed by atoms with van der Waals surface area (Å²) in [7, 11) is 0. The SMILES string of the molecule is C=CCn1c(SCC(=O)Nc2cc(F)ccc2F)nc2nc(N3CCCCC3)sc2c1=O. The fourth-order valence-corrected chi connectivity index (χ4v) is 5.21. The summed E-state index contributed by atoms with van der Waals surface area (Å²) in [6.07, 6.45) is 4.94. The van der Waals surface area contributed by atoms with E-state index in [4.69, 9.17) is 0 Å². The van der Waals surface area contributed by atoms with Crippen molar-refractivity contribution >= 4 is 50.2 Å². The van der Waals surface area contributed by atoms with E-state index in [1.807, 2.05) is 0 Å². The second-order valence-corrected chi connectivity index (χ2v) is 9.18. The van der Waals surface area contributed by atoms with Gasteiger partial charge in [-0.05, 0) is 31.4 Å². The summed E-state index contributed by atoms with van der Waals surface area (Å²) in [6, 6.07) is 2.82. The first-order chi connectivity index (χ1) is 15.5. The van der Waals surface area contributed by atoms with Crippen molar-refractivity contribution in [2.75, 3.05) is 29.1 Å². The van der Waals surface area contributed by atoms with Gasteiger partial charge in [-0.15, -0.1) is 6.58 Å². The molecule has 7 nitrogen and oxygen atoms in total. The van der Waals surface area contributed by atoms with Crippen molar-refractivity contribution in [3.8, 4) is 0 Å². The summed E-state index contributed by atoms with van der Waals surface area (Å²) in [5, 5.41) is 3.43. The molecule has 0 radical (unpaired) electrons. The molecule has 0 bridgehead atoms. The van der Waals surface area contributed by atoms with Crippen LogP contribution in [-0.4, -0.2) is 39.3 Å². The number of nitrogens with one attached hydrogen (secondary N) is 1. The van der Waals surface area contributed by atoms with E-state index < -0.39 is 17.5 Å². The Labute approximate surface area is 191 Å². The maximum Gasteiger partial charge on any atom is 0.274 e. The summed E-state index contributed by atoms with van der Waals surface area (Å²) in [5.74, 6) is -2.09. The lowest BCUT2D eigenvalue weighted by Crippen LogP contribution is -2.29. The number of anilines is 2. The van der Waals surface area contributed by atoms with Gasteiger partial charge in [0.25, 0.3) is 5.56 Å². The van der Waals surface area contributed by atoms with Gasteiger partial charge in [-0.25, -0.2) is 13.8 Å². The van der Waals surface area contributed by atoms with Gasteiger partial charge in [0.05, 0.1) is 11.4 Å². The van der Waals surface area contributed by atoms with E-state index in [9.17, 15) is 18.4 Å². The van der Waals surface area contributed by atoms with Crippen LogP contribution in [0.25, 0.3) is 10.3 Å². The van der Waals surface area contributed by atoms with Gasteiger partial charge < -0.3 is 10.2 Å². The third-order valence-electron chi connectivity index (χ3n) is 4.94. The van der Waals surface area contributed by atoms with Gasteiger partial charge in [0.1, 0.15) is 16.3 Å². The smallest absolute Gasteiger partial charge is 0.274 e. The monoisotopic (exact) mass is 477 g/mol. The molecular weight excluding hydrogens is 456 g/mol.